The second kappa shape index (κ2) is 5.75. The molecule has 0 atom stereocenters. The summed E-state index contributed by atoms with van der Waals surface area (Å²) in [6, 6.07) is 8.08. The van der Waals surface area contributed by atoms with Gasteiger partial charge in [-0.1, -0.05) is 18.2 Å². The van der Waals surface area contributed by atoms with E-state index in [4.69, 9.17) is 4.74 Å². The van der Waals surface area contributed by atoms with Crippen molar-refractivity contribution in [3.63, 3.8) is 0 Å². The maximum absolute atomic E-state index is 5.24. The van der Waals surface area contributed by atoms with Gasteiger partial charge in [-0.15, -0.1) is 0 Å². The molecule has 1 aromatic rings. The normalized spacial score (nSPS) is 11.7. The van der Waals surface area contributed by atoms with Crippen LogP contribution in [0.25, 0.3) is 0 Å². The zero-order valence-corrected chi connectivity index (χ0v) is 9.92. The van der Waals surface area contributed by atoms with E-state index >= 15 is 0 Å². The molecule has 1 aliphatic heterocycles. The van der Waals surface area contributed by atoms with Crippen LogP contribution < -0.4 is 4.74 Å². The quantitative estimate of drug-likeness (QED) is 0.568. The van der Waals surface area contributed by atoms with Crippen LogP contribution in [-0.2, 0) is 49.2 Å². The predicted molar refractivity (Wildman–Crippen MR) is 39.9 cm³/mol. The van der Waals surface area contributed by atoms with Crippen molar-refractivity contribution >= 4 is 0 Å². The van der Waals surface area contributed by atoms with Crippen LogP contribution in [0.2, 0.25) is 0 Å². The molecule has 0 aliphatic carbocycles. The first-order valence-corrected chi connectivity index (χ1v) is 3.36. The number of fused-ring (bicyclic) bond motifs is 1. The Labute approximate surface area is 101 Å². The number of benzene rings is 1. The third kappa shape index (κ3) is 2.59. The summed E-state index contributed by atoms with van der Waals surface area (Å²) in [5, 5.41) is 0. The molecule has 71 valence electrons. The molecule has 0 saturated heterocycles. The monoisotopic (exact) mass is 435 g/mol. The van der Waals surface area contributed by atoms with Gasteiger partial charge in [0.2, 0.25) is 0 Å². The van der Waals surface area contributed by atoms with Gasteiger partial charge in [-0.05, 0) is 24.1 Å². The summed E-state index contributed by atoms with van der Waals surface area (Å²) in [5.41, 5.74) is 1.27. The van der Waals surface area contributed by atoms with Crippen molar-refractivity contribution in [1.29, 1.82) is 0 Å². The number of ether oxygens (including phenoxy) is 1. The summed E-state index contributed by atoms with van der Waals surface area (Å²) >= 11 is 0. The summed E-state index contributed by atoms with van der Waals surface area (Å²) in [6.07, 6.45) is 4.75. The van der Waals surface area contributed by atoms with Gasteiger partial charge in [0, 0.05) is 42.8 Å². The first kappa shape index (κ1) is 12.2. The summed E-state index contributed by atoms with van der Waals surface area (Å²) in [4.78, 5) is 0. The van der Waals surface area contributed by atoms with Gasteiger partial charge in [-0.2, -0.15) is 0 Å². The van der Waals surface area contributed by atoms with Gasteiger partial charge < -0.3 is 4.74 Å². The van der Waals surface area contributed by atoms with E-state index in [2.05, 4.69) is 6.07 Å². The largest absolute Gasteiger partial charge is 0.465 e. The average molecular weight is 436 g/mol. The Balaban J connectivity index is 0.000000605. The molecule has 12 heavy (non-hydrogen) atoms. The van der Waals surface area contributed by atoms with Crippen molar-refractivity contribution < 1.29 is 47.5 Å². The number of hydrogen-bond acceptors (Lipinski definition) is 1. The van der Waals surface area contributed by atoms with E-state index in [1.54, 1.807) is 6.26 Å². The minimum absolute atomic E-state index is 0. The van der Waals surface area contributed by atoms with Crippen molar-refractivity contribution in [2.45, 2.75) is 6.42 Å². The fourth-order valence-electron chi connectivity index (χ4n) is 1.08. The summed E-state index contributed by atoms with van der Waals surface area (Å²) < 4.78 is 5.24. The molecule has 0 spiro atoms. The number of allylic oxidation sites excluding steroid dienone is 1. The molecule has 1 radical (unpaired) electrons. The fourth-order valence-corrected chi connectivity index (χ4v) is 1.08. The molecule has 0 unspecified atom stereocenters. The molecule has 0 saturated carbocycles. The number of hydrogen-bond donors (Lipinski definition) is 0. The van der Waals surface area contributed by atoms with Crippen LogP contribution in [-0.4, -0.2) is 0 Å². The van der Waals surface area contributed by atoms with Gasteiger partial charge in [-0.25, -0.2) is 0 Å². The molecule has 0 amide bonds. The van der Waals surface area contributed by atoms with E-state index in [9.17, 15) is 0 Å². The standard InChI is InChI=1S/C9H8O.Au.Pd/c1-2-6-9-8(4-1)5-3-7-10-9;;/h1-4,6-7H,5H2;;. The molecule has 3 heteroatoms. The van der Waals surface area contributed by atoms with E-state index in [0.717, 1.165) is 12.2 Å². The summed E-state index contributed by atoms with van der Waals surface area (Å²) in [6.45, 7) is 0. The van der Waals surface area contributed by atoms with Crippen LogP contribution >= 0.6 is 0 Å². The average Bonchev–Trinajstić information content (AvgIpc) is 2.05. The van der Waals surface area contributed by atoms with Gasteiger partial charge >= 0.3 is 0 Å². The van der Waals surface area contributed by atoms with Gasteiger partial charge in [0.1, 0.15) is 5.75 Å². The first-order valence-electron chi connectivity index (χ1n) is 3.36. The maximum Gasteiger partial charge on any atom is 0.130 e. The van der Waals surface area contributed by atoms with Crippen LogP contribution in [0.1, 0.15) is 5.56 Å². The van der Waals surface area contributed by atoms with Gasteiger partial charge in [-0.3, -0.25) is 0 Å². The Hall–Kier alpha value is 0.163. The molecule has 0 fully saturated rings. The van der Waals surface area contributed by atoms with E-state index in [1.165, 1.54) is 5.56 Å². The SMILES string of the molecule is C1=COc2ccccc2C1.[Au].[Pd]. The zero-order chi connectivity index (χ0) is 6.81. The van der Waals surface area contributed by atoms with Crippen molar-refractivity contribution in [3.05, 3.63) is 42.2 Å². The second-order valence-corrected chi connectivity index (χ2v) is 2.30. The van der Waals surface area contributed by atoms with E-state index in [1.807, 2.05) is 24.3 Å². The Morgan fingerprint density at radius 3 is 2.67 bits per heavy atom. The molecule has 0 N–H and O–H groups in total. The minimum Gasteiger partial charge on any atom is -0.465 e. The van der Waals surface area contributed by atoms with Crippen molar-refractivity contribution in [3.8, 4) is 5.75 Å². The van der Waals surface area contributed by atoms with Crippen molar-refractivity contribution in [2.24, 2.45) is 0 Å². The third-order valence-electron chi connectivity index (χ3n) is 1.60. The smallest absolute Gasteiger partial charge is 0.130 e. The molecular formula is C9H8AuOPd. The molecule has 0 aromatic heterocycles. The topological polar surface area (TPSA) is 9.23 Å². The third-order valence-corrected chi connectivity index (χ3v) is 1.60. The predicted octanol–water partition coefficient (Wildman–Crippen LogP) is 2.13. The van der Waals surface area contributed by atoms with Crippen molar-refractivity contribution in [2.75, 3.05) is 0 Å². The van der Waals surface area contributed by atoms with Crippen LogP contribution in [0.3, 0.4) is 0 Å². The van der Waals surface area contributed by atoms with Gasteiger partial charge in [0.15, 0.2) is 0 Å². The molecule has 1 aromatic carbocycles. The van der Waals surface area contributed by atoms with Gasteiger partial charge in [0.05, 0.1) is 6.26 Å². The Bertz CT molecular complexity index is 246. The Morgan fingerprint density at radius 2 is 1.92 bits per heavy atom. The second-order valence-electron chi connectivity index (χ2n) is 2.30. The molecular weight excluding hydrogens is 427 g/mol. The fraction of sp³-hybridized carbons (Fsp3) is 0.111. The first-order chi connectivity index (χ1) is 4.97. The van der Waals surface area contributed by atoms with E-state index < -0.39 is 0 Å². The number of rotatable bonds is 0. The zero-order valence-electron chi connectivity index (χ0n) is 6.20. The summed E-state index contributed by atoms with van der Waals surface area (Å²) in [5.74, 6) is 0.991. The maximum atomic E-state index is 5.24. The summed E-state index contributed by atoms with van der Waals surface area (Å²) in [7, 11) is 0. The van der Waals surface area contributed by atoms with Crippen LogP contribution in [0.5, 0.6) is 5.75 Å². The Kier molecular flexibility index (Phi) is 5.83. The molecule has 1 nitrogen and oxygen atoms in total. The molecule has 1 aliphatic rings. The van der Waals surface area contributed by atoms with Crippen molar-refractivity contribution in [1.82, 2.24) is 0 Å². The number of para-hydroxylation sites is 1. The van der Waals surface area contributed by atoms with E-state index in [0.29, 0.717) is 0 Å². The Morgan fingerprint density at radius 1 is 1.17 bits per heavy atom. The molecule has 1 heterocycles. The van der Waals surface area contributed by atoms with Crippen LogP contribution in [0.4, 0.5) is 0 Å². The molecule has 0 bridgehead atoms. The van der Waals surface area contributed by atoms with E-state index in [-0.39, 0.29) is 42.8 Å². The van der Waals surface area contributed by atoms with Gasteiger partial charge in [0.25, 0.3) is 0 Å². The molecule has 2 rings (SSSR count). The van der Waals surface area contributed by atoms with Crippen LogP contribution in [0.15, 0.2) is 36.6 Å². The van der Waals surface area contributed by atoms with Crippen LogP contribution in [0, 0.1) is 0 Å². The minimum atomic E-state index is 0.